The van der Waals surface area contributed by atoms with Crippen molar-refractivity contribution in [1.82, 2.24) is 0 Å². The van der Waals surface area contributed by atoms with E-state index in [2.05, 4.69) is 22.5 Å². The van der Waals surface area contributed by atoms with E-state index in [-0.39, 0.29) is 0 Å². The summed E-state index contributed by atoms with van der Waals surface area (Å²) in [5, 5.41) is 0. The van der Waals surface area contributed by atoms with Crippen molar-refractivity contribution in [2.24, 2.45) is 0 Å². The first-order valence-corrected chi connectivity index (χ1v) is 4.89. The van der Waals surface area contributed by atoms with Gasteiger partial charge >= 0.3 is 6.18 Å². The van der Waals surface area contributed by atoms with Crippen LogP contribution >= 0.6 is 15.9 Å². The Kier molecular flexibility index (Phi) is 3.74. The molecule has 0 N–H and O–H groups in total. The zero-order valence-electron chi connectivity index (χ0n) is 7.68. The lowest BCUT2D eigenvalue weighted by atomic mass is 10.1. The lowest BCUT2D eigenvalue weighted by Gasteiger charge is -2.05. The minimum Gasteiger partial charge on any atom is -0.166 e. The second-order valence-corrected chi connectivity index (χ2v) is 3.77. The molecule has 1 aromatic carbocycles. The topological polar surface area (TPSA) is 0 Å². The van der Waals surface area contributed by atoms with Crippen molar-refractivity contribution in [2.45, 2.75) is 6.18 Å². The maximum absolute atomic E-state index is 12.2. The normalized spacial score (nSPS) is 12.7. The molecule has 0 saturated carbocycles. The SMILES string of the molecule is C=C/C(Br)=C/c1ccc(C(F)(F)F)cc1. The van der Waals surface area contributed by atoms with Gasteiger partial charge in [0.1, 0.15) is 0 Å². The zero-order chi connectivity index (χ0) is 11.5. The van der Waals surface area contributed by atoms with Gasteiger partial charge in [0.15, 0.2) is 0 Å². The molecule has 0 aliphatic carbocycles. The summed E-state index contributed by atoms with van der Waals surface area (Å²) in [6.45, 7) is 3.52. The minimum absolute atomic E-state index is 0.644. The van der Waals surface area contributed by atoms with E-state index in [1.807, 2.05) is 0 Å². The van der Waals surface area contributed by atoms with Crippen LogP contribution in [0.15, 0.2) is 41.4 Å². The van der Waals surface area contributed by atoms with Crippen LogP contribution in [-0.2, 0) is 6.18 Å². The molecule has 1 rings (SSSR count). The van der Waals surface area contributed by atoms with Crippen molar-refractivity contribution in [2.75, 3.05) is 0 Å². The van der Waals surface area contributed by atoms with E-state index in [4.69, 9.17) is 0 Å². The Hall–Kier alpha value is -1.03. The highest BCUT2D eigenvalue weighted by molar-refractivity contribution is 9.12. The molecule has 0 unspecified atom stereocenters. The molecule has 0 aromatic heterocycles. The third-order valence-corrected chi connectivity index (χ3v) is 2.29. The van der Waals surface area contributed by atoms with Gasteiger partial charge in [-0.1, -0.05) is 40.7 Å². The molecule has 0 aliphatic rings. The van der Waals surface area contributed by atoms with Gasteiger partial charge in [-0.25, -0.2) is 0 Å². The van der Waals surface area contributed by atoms with Crippen molar-refractivity contribution in [3.05, 3.63) is 52.5 Å². The third-order valence-electron chi connectivity index (χ3n) is 1.74. The van der Waals surface area contributed by atoms with Crippen LogP contribution in [0.5, 0.6) is 0 Å². The van der Waals surface area contributed by atoms with Gasteiger partial charge in [0.2, 0.25) is 0 Å². The minimum atomic E-state index is -4.28. The molecule has 0 spiro atoms. The summed E-state index contributed by atoms with van der Waals surface area (Å²) < 4.78 is 37.3. The van der Waals surface area contributed by atoms with Crippen LogP contribution in [0.4, 0.5) is 13.2 Å². The Morgan fingerprint density at radius 1 is 1.20 bits per heavy atom. The van der Waals surface area contributed by atoms with Crippen molar-refractivity contribution in [3.8, 4) is 0 Å². The molecule has 0 radical (unpaired) electrons. The molecule has 0 fully saturated rings. The van der Waals surface area contributed by atoms with Gasteiger partial charge in [-0.3, -0.25) is 0 Å². The Morgan fingerprint density at radius 3 is 2.13 bits per heavy atom. The van der Waals surface area contributed by atoms with E-state index >= 15 is 0 Å². The molecule has 15 heavy (non-hydrogen) atoms. The van der Waals surface area contributed by atoms with Crippen molar-refractivity contribution < 1.29 is 13.2 Å². The molecule has 80 valence electrons. The fraction of sp³-hybridized carbons (Fsp3) is 0.0909. The average Bonchev–Trinajstić information content (AvgIpc) is 2.17. The number of hydrogen-bond acceptors (Lipinski definition) is 0. The number of halogens is 4. The number of hydrogen-bond donors (Lipinski definition) is 0. The van der Waals surface area contributed by atoms with E-state index in [1.165, 1.54) is 12.1 Å². The highest BCUT2D eigenvalue weighted by Gasteiger charge is 2.29. The third kappa shape index (κ3) is 3.55. The summed E-state index contributed by atoms with van der Waals surface area (Å²) in [6, 6.07) is 4.92. The smallest absolute Gasteiger partial charge is 0.166 e. The number of rotatable bonds is 2. The van der Waals surface area contributed by atoms with Gasteiger partial charge in [0.05, 0.1) is 5.56 Å². The first kappa shape index (κ1) is 12.0. The second-order valence-electron chi connectivity index (χ2n) is 2.85. The molecule has 0 heterocycles. The predicted octanol–water partition coefficient (Wildman–Crippen LogP) is 4.63. The zero-order valence-corrected chi connectivity index (χ0v) is 9.27. The molecule has 4 heteroatoms. The lowest BCUT2D eigenvalue weighted by molar-refractivity contribution is -0.137. The van der Waals surface area contributed by atoms with E-state index in [1.54, 1.807) is 12.2 Å². The summed E-state index contributed by atoms with van der Waals surface area (Å²) >= 11 is 3.19. The molecule has 0 nitrogen and oxygen atoms in total. The van der Waals surface area contributed by atoms with Gasteiger partial charge in [0, 0.05) is 4.48 Å². The monoisotopic (exact) mass is 276 g/mol. The number of alkyl halides is 3. The predicted molar refractivity (Wildman–Crippen MR) is 58.5 cm³/mol. The second kappa shape index (κ2) is 4.66. The quantitative estimate of drug-likeness (QED) is 0.691. The van der Waals surface area contributed by atoms with Crippen molar-refractivity contribution in [1.29, 1.82) is 0 Å². The molecule has 1 aromatic rings. The summed E-state index contributed by atoms with van der Waals surface area (Å²) in [5.41, 5.74) is 0.0455. The number of benzene rings is 1. The Labute approximate surface area is 94.2 Å². The largest absolute Gasteiger partial charge is 0.416 e. The molecule has 0 amide bonds. The first-order valence-electron chi connectivity index (χ1n) is 4.10. The summed E-state index contributed by atoms with van der Waals surface area (Å²) in [5.74, 6) is 0. The van der Waals surface area contributed by atoms with Crippen LogP contribution < -0.4 is 0 Å². The Morgan fingerprint density at radius 2 is 1.73 bits per heavy atom. The number of allylic oxidation sites excluding steroid dienone is 2. The van der Waals surface area contributed by atoms with Crippen LogP contribution in [0.25, 0.3) is 6.08 Å². The average molecular weight is 277 g/mol. The highest BCUT2D eigenvalue weighted by atomic mass is 79.9. The van der Waals surface area contributed by atoms with Crippen LogP contribution in [0.2, 0.25) is 0 Å². The fourth-order valence-electron chi connectivity index (χ4n) is 0.986. The van der Waals surface area contributed by atoms with Crippen LogP contribution in [0.1, 0.15) is 11.1 Å². The molecule has 0 saturated heterocycles. The van der Waals surface area contributed by atoms with E-state index in [9.17, 15) is 13.2 Å². The lowest BCUT2D eigenvalue weighted by Crippen LogP contribution is -2.03. The van der Waals surface area contributed by atoms with Crippen LogP contribution in [0.3, 0.4) is 0 Å². The summed E-state index contributed by atoms with van der Waals surface area (Å²) in [7, 11) is 0. The highest BCUT2D eigenvalue weighted by Crippen LogP contribution is 2.29. The van der Waals surface area contributed by atoms with Gasteiger partial charge < -0.3 is 0 Å². The molecule has 0 aliphatic heterocycles. The molecule has 0 bridgehead atoms. The van der Waals surface area contributed by atoms with Crippen LogP contribution in [-0.4, -0.2) is 0 Å². The van der Waals surface area contributed by atoms with E-state index < -0.39 is 11.7 Å². The molecular formula is C11H8BrF3. The Balaban J connectivity index is 2.96. The first-order chi connectivity index (χ1) is 6.93. The van der Waals surface area contributed by atoms with E-state index in [0.717, 1.165) is 16.6 Å². The maximum atomic E-state index is 12.2. The summed E-state index contributed by atoms with van der Waals surface area (Å²) in [4.78, 5) is 0. The Bertz CT molecular complexity index is 374. The summed E-state index contributed by atoms with van der Waals surface area (Å²) in [6.07, 6.45) is -1.03. The van der Waals surface area contributed by atoms with Crippen LogP contribution in [0, 0.1) is 0 Å². The van der Waals surface area contributed by atoms with Crippen molar-refractivity contribution in [3.63, 3.8) is 0 Å². The fourth-order valence-corrected chi connectivity index (χ4v) is 1.25. The van der Waals surface area contributed by atoms with Gasteiger partial charge in [-0.05, 0) is 23.8 Å². The molecule has 0 atom stereocenters. The van der Waals surface area contributed by atoms with Crippen molar-refractivity contribution >= 4 is 22.0 Å². The van der Waals surface area contributed by atoms with Gasteiger partial charge in [-0.2, -0.15) is 13.2 Å². The van der Waals surface area contributed by atoms with Gasteiger partial charge in [-0.15, -0.1) is 0 Å². The maximum Gasteiger partial charge on any atom is 0.416 e. The van der Waals surface area contributed by atoms with E-state index in [0.29, 0.717) is 5.56 Å². The molecular weight excluding hydrogens is 269 g/mol. The van der Waals surface area contributed by atoms with Gasteiger partial charge in [0.25, 0.3) is 0 Å². The standard InChI is InChI=1S/C11H8BrF3/c1-2-10(12)7-8-3-5-9(6-4-8)11(13,14)15/h2-7H,1H2/b10-7-.